The smallest absolute Gasteiger partial charge is 0.267 e. The quantitative estimate of drug-likeness (QED) is 0.565. The Bertz CT molecular complexity index is 1250. The normalized spacial score (nSPS) is 13.8. The first-order valence-electron chi connectivity index (χ1n) is 8.90. The molecule has 0 unspecified atom stereocenters. The summed E-state index contributed by atoms with van der Waals surface area (Å²) < 4.78 is 21.4. The van der Waals surface area contributed by atoms with Gasteiger partial charge in [-0.1, -0.05) is 12.1 Å². The van der Waals surface area contributed by atoms with Crippen LogP contribution in [-0.4, -0.2) is 38.6 Å². The molecule has 1 amide bonds. The van der Waals surface area contributed by atoms with Gasteiger partial charge in [0.1, 0.15) is 35.8 Å². The third kappa shape index (κ3) is 2.75. The van der Waals surface area contributed by atoms with E-state index in [0.29, 0.717) is 23.6 Å². The maximum atomic E-state index is 14.2. The first-order valence-corrected chi connectivity index (χ1v) is 8.90. The highest BCUT2D eigenvalue weighted by Crippen LogP contribution is 2.29. The van der Waals surface area contributed by atoms with E-state index in [1.54, 1.807) is 35.2 Å². The molecule has 5 rings (SSSR count). The van der Waals surface area contributed by atoms with E-state index in [-0.39, 0.29) is 35.6 Å². The number of benzene rings is 1. The predicted molar refractivity (Wildman–Crippen MR) is 105 cm³/mol. The Kier molecular flexibility index (Phi) is 3.87. The van der Waals surface area contributed by atoms with Crippen LogP contribution in [-0.2, 0) is 0 Å². The lowest BCUT2D eigenvalue weighted by atomic mass is 10.2. The average molecular weight is 390 g/mol. The van der Waals surface area contributed by atoms with Crippen LogP contribution < -0.4 is 15.4 Å². The molecule has 1 aliphatic rings. The molecule has 0 fully saturated rings. The topological polar surface area (TPSA) is 99.2 Å². The van der Waals surface area contributed by atoms with E-state index in [9.17, 15) is 9.18 Å². The third-order valence-electron chi connectivity index (χ3n) is 4.79. The Balaban J connectivity index is 1.57. The maximum Gasteiger partial charge on any atom is 0.267 e. The number of amides is 1. The molecule has 29 heavy (non-hydrogen) atoms. The van der Waals surface area contributed by atoms with Crippen molar-refractivity contribution in [2.24, 2.45) is 0 Å². The summed E-state index contributed by atoms with van der Waals surface area (Å²) in [6.45, 7) is 0.555. The van der Waals surface area contributed by atoms with Crippen LogP contribution in [0.2, 0.25) is 0 Å². The van der Waals surface area contributed by atoms with Gasteiger partial charge in [0.05, 0.1) is 24.1 Å². The third-order valence-corrected chi connectivity index (χ3v) is 4.79. The number of fused-ring (bicyclic) bond motifs is 2. The summed E-state index contributed by atoms with van der Waals surface area (Å²) >= 11 is 0. The van der Waals surface area contributed by atoms with Crippen molar-refractivity contribution in [1.29, 1.82) is 0 Å². The van der Waals surface area contributed by atoms with Gasteiger partial charge < -0.3 is 15.4 Å². The van der Waals surface area contributed by atoms with Crippen molar-refractivity contribution in [3.8, 4) is 11.6 Å². The second kappa shape index (κ2) is 6.55. The maximum absolute atomic E-state index is 14.2. The van der Waals surface area contributed by atoms with Crippen molar-refractivity contribution in [3.63, 3.8) is 0 Å². The summed E-state index contributed by atoms with van der Waals surface area (Å²) in [6, 6.07) is 10.1. The van der Waals surface area contributed by atoms with E-state index < -0.39 is 0 Å². The molecule has 3 aromatic heterocycles. The van der Waals surface area contributed by atoms with E-state index in [2.05, 4.69) is 15.0 Å². The number of nitrogens with zero attached hydrogens (tertiary/aromatic N) is 5. The zero-order valence-corrected chi connectivity index (χ0v) is 15.1. The lowest BCUT2D eigenvalue weighted by Crippen LogP contribution is -2.32. The Hall–Kier alpha value is -4.01. The molecule has 1 aromatic carbocycles. The second-order valence-electron chi connectivity index (χ2n) is 6.49. The van der Waals surface area contributed by atoms with Gasteiger partial charge in [0.2, 0.25) is 5.88 Å². The number of ether oxygens (including phenoxy) is 1. The van der Waals surface area contributed by atoms with Gasteiger partial charge >= 0.3 is 0 Å². The first-order chi connectivity index (χ1) is 14.1. The summed E-state index contributed by atoms with van der Waals surface area (Å²) in [6.07, 6.45) is 4.58. The number of pyridine rings is 1. The van der Waals surface area contributed by atoms with Gasteiger partial charge in [-0.25, -0.2) is 19.3 Å². The average Bonchev–Trinajstić information content (AvgIpc) is 3.06. The molecular formula is C20H15FN6O2. The minimum Gasteiger partial charge on any atom is -0.475 e. The van der Waals surface area contributed by atoms with Crippen LogP contribution in [0.5, 0.6) is 5.88 Å². The minimum absolute atomic E-state index is 0.0617. The second-order valence-corrected chi connectivity index (χ2v) is 6.49. The number of nitrogens with two attached hydrogens (primary N) is 1. The molecular weight excluding hydrogens is 375 g/mol. The van der Waals surface area contributed by atoms with Gasteiger partial charge in [0.25, 0.3) is 5.91 Å². The molecule has 0 bridgehead atoms. The van der Waals surface area contributed by atoms with Crippen LogP contribution in [0.1, 0.15) is 10.4 Å². The van der Waals surface area contributed by atoms with Crippen LogP contribution in [0, 0.1) is 5.82 Å². The fourth-order valence-corrected chi connectivity index (χ4v) is 3.41. The monoisotopic (exact) mass is 390 g/mol. The Morgan fingerprint density at radius 2 is 2.00 bits per heavy atom. The fourth-order valence-electron chi connectivity index (χ4n) is 3.41. The van der Waals surface area contributed by atoms with Crippen LogP contribution in [0.4, 0.5) is 15.9 Å². The zero-order chi connectivity index (χ0) is 20.0. The van der Waals surface area contributed by atoms with E-state index in [1.165, 1.54) is 17.3 Å². The number of aromatic nitrogens is 4. The summed E-state index contributed by atoms with van der Waals surface area (Å²) in [5, 5.41) is 0.765. The van der Waals surface area contributed by atoms with E-state index >= 15 is 0 Å². The molecule has 0 radical (unpaired) electrons. The van der Waals surface area contributed by atoms with Crippen molar-refractivity contribution < 1.29 is 13.9 Å². The molecule has 2 N–H and O–H groups in total. The highest BCUT2D eigenvalue weighted by atomic mass is 19.1. The highest BCUT2D eigenvalue weighted by Gasteiger charge is 2.29. The Labute approximate surface area is 164 Å². The number of hydrogen-bond acceptors (Lipinski definition) is 6. The van der Waals surface area contributed by atoms with Gasteiger partial charge in [-0.3, -0.25) is 9.36 Å². The summed E-state index contributed by atoms with van der Waals surface area (Å²) in [5.41, 5.74) is 7.58. The van der Waals surface area contributed by atoms with Gasteiger partial charge in [0.15, 0.2) is 0 Å². The number of hydrogen-bond donors (Lipinski definition) is 1. The van der Waals surface area contributed by atoms with Crippen molar-refractivity contribution in [2.75, 3.05) is 23.8 Å². The molecule has 0 spiro atoms. The van der Waals surface area contributed by atoms with E-state index in [1.807, 2.05) is 12.1 Å². The number of rotatable bonds is 2. The molecule has 4 aromatic rings. The Morgan fingerprint density at radius 3 is 2.86 bits per heavy atom. The summed E-state index contributed by atoms with van der Waals surface area (Å²) in [4.78, 5) is 27.0. The van der Waals surface area contributed by atoms with Crippen LogP contribution in [0.15, 0.2) is 55.1 Å². The molecule has 0 aliphatic carbocycles. The summed E-state index contributed by atoms with van der Waals surface area (Å²) in [7, 11) is 0. The van der Waals surface area contributed by atoms with Crippen molar-refractivity contribution >= 4 is 28.4 Å². The summed E-state index contributed by atoms with van der Waals surface area (Å²) in [5.74, 6) is -0.468. The van der Waals surface area contributed by atoms with Gasteiger partial charge in [-0.2, -0.15) is 0 Å². The largest absolute Gasteiger partial charge is 0.475 e. The van der Waals surface area contributed by atoms with Gasteiger partial charge in [-0.05, 0) is 24.3 Å². The van der Waals surface area contributed by atoms with Crippen molar-refractivity contribution in [2.45, 2.75) is 0 Å². The number of nitrogen functional groups attached to an aromatic ring is 1. The minimum atomic E-state index is -0.356. The first kappa shape index (κ1) is 17.1. The van der Waals surface area contributed by atoms with Crippen LogP contribution in [0.25, 0.3) is 16.7 Å². The molecule has 8 nitrogen and oxygen atoms in total. The molecule has 0 saturated heterocycles. The van der Waals surface area contributed by atoms with Crippen molar-refractivity contribution in [3.05, 3.63) is 66.5 Å². The molecule has 1 aliphatic heterocycles. The van der Waals surface area contributed by atoms with E-state index in [4.69, 9.17) is 10.5 Å². The predicted octanol–water partition coefficient (Wildman–Crippen LogP) is 2.58. The van der Waals surface area contributed by atoms with Gasteiger partial charge in [-0.15, -0.1) is 0 Å². The van der Waals surface area contributed by atoms with Crippen LogP contribution in [0.3, 0.4) is 0 Å². The molecule has 144 valence electrons. The SMILES string of the molecule is Nc1ncnc2c1C(=O)N(c1cnc3c(ccn3-c3ccccc3F)c1)CCO2. The fraction of sp³-hybridized carbons (Fsp3) is 0.100. The lowest BCUT2D eigenvalue weighted by Gasteiger charge is -2.20. The number of carbonyl (C=O) groups excluding carboxylic acids is 1. The number of para-hydroxylation sites is 1. The highest BCUT2D eigenvalue weighted by molar-refractivity contribution is 6.11. The molecule has 0 saturated carbocycles. The van der Waals surface area contributed by atoms with Crippen molar-refractivity contribution in [1.82, 2.24) is 19.5 Å². The molecule has 9 heteroatoms. The number of halogens is 1. The molecule has 4 heterocycles. The number of carbonyl (C=O) groups is 1. The number of anilines is 2. The Morgan fingerprint density at radius 1 is 1.14 bits per heavy atom. The zero-order valence-electron chi connectivity index (χ0n) is 15.1. The molecule has 0 atom stereocenters. The van der Waals surface area contributed by atoms with E-state index in [0.717, 1.165) is 5.39 Å². The standard InChI is InChI=1S/C20H15FN6O2/c21-14-3-1-2-4-15(14)27-6-5-12-9-13(10-23-18(12)27)26-7-8-29-19-16(20(26)28)17(22)24-11-25-19/h1-6,9-11H,7-8H2,(H2,22,24,25). The van der Waals surface area contributed by atoms with Gasteiger partial charge in [0, 0.05) is 11.6 Å². The lowest BCUT2D eigenvalue weighted by molar-refractivity contribution is 0.0990. The van der Waals surface area contributed by atoms with Crippen LogP contribution >= 0.6 is 0 Å².